The molecule has 1 amide bonds. The Hall–Kier alpha value is -3.06. The SMILES string of the molecule is CN(C)CCCNC(=O)c1ccc2c(Oc3ccc(C(F)(F)F)cc3)cccc2c1. The second-order valence-corrected chi connectivity index (χ2v) is 7.23. The van der Waals surface area contributed by atoms with Crippen LogP contribution >= 0.6 is 0 Å². The first-order valence-electron chi connectivity index (χ1n) is 9.55. The minimum Gasteiger partial charge on any atom is -0.457 e. The molecule has 3 rings (SSSR count). The van der Waals surface area contributed by atoms with Crippen LogP contribution in [0.15, 0.2) is 60.7 Å². The first kappa shape index (κ1) is 21.6. The van der Waals surface area contributed by atoms with E-state index >= 15 is 0 Å². The number of carbonyl (C=O) groups is 1. The van der Waals surface area contributed by atoms with Gasteiger partial charge in [0.25, 0.3) is 5.91 Å². The first-order chi connectivity index (χ1) is 14.2. The molecule has 0 atom stereocenters. The van der Waals surface area contributed by atoms with Crippen LogP contribution in [0.1, 0.15) is 22.3 Å². The summed E-state index contributed by atoms with van der Waals surface area (Å²) in [4.78, 5) is 14.4. The zero-order valence-electron chi connectivity index (χ0n) is 16.8. The van der Waals surface area contributed by atoms with Gasteiger partial charge in [0.15, 0.2) is 0 Å². The van der Waals surface area contributed by atoms with E-state index in [9.17, 15) is 18.0 Å². The fourth-order valence-corrected chi connectivity index (χ4v) is 3.02. The lowest BCUT2D eigenvalue weighted by Gasteiger charge is -2.12. The second-order valence-electron chi connectivity index (χ2n) is 7.23. The molecule has 1 N–H and O–H groups in total. The monoisotopic (exact) mass is 416 g/mol. The van der Waals surface area contributed by atoms with Crippen LogP contribution < -0.4 is 10.1 Å². The number of nitrogens with zero attached hydrogens (tertiary/aromatic N) is 1. The number of carbonyl (C=O) groups excluding carboxylic acids is 1. The molecule has 0 aromatic heterocycles. The molecule has 4 nitrogen and oxygen atoms in total. The van der Waals surface area contributed by atoms with Gasteiger partial charge in [-0.3, -0.25) is 4.79 Å². The van der Waals surface area contributed by atoms with E-state index < -0.39 is 11.7 Å². The molecule has 0 bridgehead atoms. The Labute approximate surface area is 173 Å². The molecule has 0 spiro atoms. The number of ether oxygens (including phenoxy) is 1. The van der Waals surface area contributed by atoms with Crippen LogP contribution in [0.2, 0.25) is 0 Å². The fourth-order valence-electron chi connectivity index (χ4n) is 3.02. The lowest BCUT2D eigenvalue weighted by atomic mass is 10.1. The third-order valence-electron chi connectivity index (χ3n) is 4.58. The largest absolute Gasteiger partial charge is 0.457 e. The highest BCUT2D eigenvalue weighted by molar-refractivity contribution is 5.99. The van der Waals surface area contributed by atoms with Crippen LogP contribution in [-0.2, 0) is 6.18 Å². The minimum absolute atomic E-state index is 0.148. The van der Waals surface area contributed by atoms with Crippen LogP contribution in [0.25, 0.3) is 10.8 Å². The number of alkyl halides is 3. The Morgan fingerprint density at radius 2 is 1.77 bits per heavy atom. The van der Waals surface area contributed by atoms with E-state index in [0.717, 1.165) is 35.9 Å². The number of benzene rings is 3. The number of nitrogens with one attached hydrogen (secondary N) is 1. The molecule has 0 saturated carbocycles. The molecule has 0 heterocycles. The van der Waals surface area contributed by atoms with E-state index in [1.54, 1.807) is 30.3 Å². The van der Waals surface area contributed by atoms with Crippen molar-refractivity contribution in [2.75, 3.05) is 27.2 Å². The summed E-state index contributed by atoms with van der Waals surface area (Å²) in [5.74, 6) is 0.660. The summed E-state index contributed by atoms with van der Waals surface area (Å²) >= 11 is 0. The number of rotatable bonds is 7. The van der Waals surface area contributed by atoms with E-state index in [1.165, 1.54) is 12.1 Å². The summed E-state index contributed by atoms with van der Waals surface area (Å²) in [6.45, 7) is 1.48. The Morgan fingerprint density at radius 3 is 2.43 bits per heavy atom. The van der Waals surface area contributed by atoms with Gasteiger partial charge in [0.05, 0.1) is 5.56 Å². The van der Waals surface area contributed by atoms with Crippen LogP contribution in [-0.4, -0.2) is 38.0 Å². The van der Waals surface area contributed by atoms with Crippen molar-refractivity contribution in [3.8, 4) is 11.5 Å². The summed E-state index contributed by atoms with van der Waals surface area (Å²) < 4.78 is 43.9. The van der Waals surface area contributed by atoms with Gasteiger partial charge in [0.1, 0.15) is 11.5 Å². The highest BCUT2D eigenvalue weighted by Gasteiger charge is 2.30. The van der Waals surface area contributed by atoms with Gasteiger partial charge in [-0.1, -0.05) is 12.1 Å². The van der Waals surface area contributed by atoms with Gasteiger partial charge in [0.2, 0.25) is 0 Å². The van der Waals surface area contributed by atoms with Crippen molar-refractivity contribution in [1.82, 2.24) is 10.2 Å². The maximum Gasteiger partial charge on any atom is 0.416 e. The number of hydrogen-bond acceptors (Lipinski definition) is 3. The molecule has 3 aromatic rings. The second kappa shape index (κ2) is 9.17. The molecule has 0 saturated heterocycles. The zero-order valence-corrected chi connectivity index (χ0v) is 16.8. The first-order valence-corrected chi connectivity index (χ1v) is 9.55. The molecule has 0 aliphatic carbocycles. The Bertz CT molecular complexity index is 1020. The topological polar surface area (TPSA) is 41.6 Å². The summed E-state index contributed by atoms with van der Waals surface area (Å²) in [5.41, 5.74) is -0.187. The highest BCUT2D eigenvalue weighted by Crippen LogP contribution is 2.33. The Morgan fingerprint density at radius 1 is 1.03 bits per heavy atom. The van der Waals surface area contributed by atoms with Gasteiger partial charge in [-0.05, 0) is 81.0 Å². The number of hydrogen-bond donors (Lipinski definition) is 1. The van der Waals surface area contributed by atoms with Crippen molar-refractivity contribution in [3.63, 3.8) is 0 Å². The quantitative estimate of drug-likeness (QED) is 0.529. The smallest absolute Gasteiger partial charge is 0.416 e. The number of amides is 1. The summed E-state index contributed by atoms with van der Waals surface area (Å²) in [6.07, 6.45) is -3.53. The molecule has 0 unspecified atom stereocenters. The molecule has 0 fully saturated rings. The van der Waals surface area contributed by atoms with Gasteiger partial charge in [-0.2, -0.15) is 13.2 Å². The van der Waals surface area contributed by atoms with Gasteiger partial charge >= 0.3 is 6.18 Å². The Balaban J connectivity index is 1.74. The standard InChI is InChI=1S/C23H23F3N2O2/c1-28(2)14-4-13-27-22(29)17-7-12-20-16(15-17)5-3-6-21(20)30-19-10-8-18(9-11-19)23(24,25)26/h3,5-12,15H,4,13-14H2,1-2H3,(H,27,29). The van der Waals surface area contributed by atoms with Gasteiger partial charge in [0, 0.05) is 17.5 Å². The molecule has 30 heavy (non-hydrogen) atoms. The van der Waals surface area contributed by atoms with Gasteiger partial charge in [-0.15, -0.1) is 0 Å². The lowest BCUT2D eigenvalue weighted by Crippen LogP contribution is -2.27. The summed E-state index contributed by atoms with van der Waals surface area (Å²) in [5, 5.41) is 4.47. The van der Waals surface area contributed by atoms with Crippen LogP contribution in [0.4, 0.5) is 13.2 Å². The Kier molecular flexibility index (Phi) is 6.62. The third-order valence-corrected chi connectivity index (χ3v) is 4.58. The summed E-state index contributed by atoms with van der Waals surface area (Å²) in [7, 11) is 3.96. The van der Waals surface area contributed by atoms with Crippen LogP contribution in [0.5, 0.6) is 11.5 Å². The molecule has 7 heteroatoms. The van der Waals surface area contributed by atoms with Crippen molar-refractivity contribution < 1.29 is 22.7 Å². The van der Waals surface area contributed by atoms with Gasteiger partial charge < -0.3 is 15.0 Å². The van der Waals surface area contributed by atoms with E-state index in [4.69, 9.17) is 4.74 Å². The van der Waals surface area contributed by atoms with Gasteiger partial charge in [-0.25, -0.2) is 0 Å². The molecular weight excluding hydrogens is 393 g/mol. The number of fused-ring (bicyclic) bond motifs is 1. The predicted molar refractivity (Wildman–Crippen MR) is 111 cm³/mol. The molecule has 0 aliphatic rings. The van der Waals surface area contributed by atoms with Crippen molar-refractivity contribution in [2.45, 2.75) is 12.6 Å². The normalized spacial score (nSPS) is 11.7. The van der Waals surface area contributed by atoms with Crippen molar-refractivity contribution in [1.29, 1.82) is 0 Å². The lowest BCUT2D eigenvalue weighted by molar-refractivity contribution is -0.137. The molecule has 0 radical (unpaired) electrons. The average molecular weight is 416 g/mol. The average Bonchev–Trinajstić information content (AvgIpc) is 2.70. The predicted octanol–water partition coefficient (Wildman–Crippen LogP) is 5.33. The fraction of sp³-hybridized carbons (Fsp3) is 0.261. The van der Waals surface area contributed by atoms with E-state index in [-0.39, 0.29) is 5.91 Å². The zero-order chi connectivity index (χ0) is 21.7. The van der Waals surface area contributed by atoms with E-state index in [0.29, 0.717) is 23.6 Å². The van der Waals surface area contributed by atoms with Crippen molar-refractivity contribution >= 4 is 16.7 Å². The highest BCUT2D eigenvalue weighted by atomic mass is 19.4. The van der Waals surface area contributed by atoms with E-state index in [1.807, 2.05) is 20.2 Å². The molecule has 3 aromatic carbocycles. The third kappa shape index (κ3) is 5.51. The van der Waals surface area contributed by atoms with E-state index in [2.05, 4.69) is 10.2 Å². The molecule has 0 aliphatic heterocycles. The maximum atomic E-state index is 12.7. The maximum absolute atomic E-state index is 12.7. The van der Waals surface area contributed by atoms with Crippen molar-refractivity contribution in [3.05, 3.63) is 71.8 Å². The van der Waals surface area contributed by atoms with Crippen LogP contribution in [0.3, 0.4) is 0 Å². The van der Waals surface area contributed by atoms with Crippen molar-refractivity contribution in [2.24, 2.45) is 0 Å². The van der Waals surface area contributed by atoms with Crippen LogP contribution in [0, 0.1) is 0 Å². The minimum atomic E-state index is -4.39. The molecular formula is C23H23F3N2O2. The molecule has 158 valence electrons. The number of halogens is 3. The summed E-state index contributed by atoms with van der Waals surface area (Å²) in [6, 6.07) is 15.2.